The minimum Gasteiger partial charge on any atom is -0.490 e. The van der Waals surface area contributed by atoms with Gasteiger partial charge in [-0.15, -0.1) is 0 Å². The Hall–Kier alpha value is -2.03. The molecule has 0 bridgehead atoms. The number of rotatable bonds is 6. The van der Waals surface area contributed by atoms with Crippen molar-refractivity contribution in [1.82, 2.24) is 5.32 Å². The van der Waals surface area contributed by atoms with Crippen LogP contribution in [0.2, 0.25) is 0 Å². The van der Waals surface area contributed by atoms with E-state index in [4.69, 9.17) is 4.74 Å². The fraction of sp³-hybridized carbons (Fsp3) is 0.214. The van der Waals surface area contributed by atoms with Crippen molar-refractivity contribution in [2.24, 2.45) is 0 Å². The smallest absolute Gasteiger partial charge is 0.217 e. The van der Waals surface area contributed by atoms with Crippen LogP contribution < -0.4 is 10.1 Å². The van der Waals surface area contributed by atoms with Gasteiger partial charge >= 0.3 is 0 Å². The molecule has 0 atom stereocenters. The van der Waals surface area contributed by atoms with E-state index >= 15 is 0 Å². The summed E-state index contributed by atoms with van der Waals surface area (Å²) in [5.74, 6) is 0.798. The SMILES string of the molecule is C=CCOc1ccc(C=CCNC(C)=O)cc1. The number of nitrogens with one attached hydrogen (secondary N) is 1. The summed E-state index contributed by atoms with van der Waals surface area (Å²) in [7, 11) is 0. The highest BCUT2D eigenvalue weighted by Crippen LogP contribution is 2.12. The molecule has 0 aliphatic heterocycles. The zero-order valence-corrected chi connectivity index (χ0v) is 9.98. The molecule has 1 N–H and O–H groups in total. The minimum atomic E-state index is -0.0252. The van der Waals surface area contributed by atoms with Crippen LogP contribution in [0.15, 0.2) is 43.0 Å². The van der Waals surface area contributed by atoms with Gasteiger partial charge in [0.15, 0.2) is 0 Å². The molecule has 0 radical (unpaired) electrons. The first-order chi connectivity index (χ1) is 8.22. The topological polar surface area (TPSA) is 38.3 Å². The predicted molar refractivity (Wildman–Crippen MR) is 69.9 cm³/mol. The van der Waals surface area contributed by atoms with E-state index in [1.165, 1.54) is 6.92 Å². The molecule has 1 amide bonds. The van der Waals surface area contributed by atoms with Gasteiger partial charge < -0.3 is 10.1 Å². The standard InChI is InChI=1S/C14H17NO2/c1-3-11-17-14-8-6-13(7-9-14)5-4-10-15-12(2)16/h3-9H,1,10-11H2,2H3,(H,15,16). The van der Waals surface area contributed by atoms with Gasteiger partial charge in [-0.05, 0) is 17.7 Å². The van der Waals surface area contributed by atoms with E-state index in [2.05, 4.69) is 11.9 Å². The largest absolute Gasteiger partial charge is 0.490 e. The number of carbonyl (C=O) groups excluding carboxylic acids is 1. The Morgan fingerprint density at radius 3 is 2.71 bits per heavy atom. The second-order valence-electron chi connectivity index (χ2n) is 3.51. The van der Waals surface area contributed by atoms with Crippen LogP contribution in [-0.2, 0) is 4.79 Å². The van der Waals surface area contributed by atoms with Crippen LogP contribution in [0.1, 0.15) is 12.5 Å². The van der Waals surface area contributed by atoms with Crippen LogP contribution in [0.25, 0.3) is 6.08 Å². The first kappa shape index (κ1) is 13.0. The molecule has 0 aromatic heterocycles. The summed E-state index contributed by atoms with van der Waals surface area (Å²) in [5.41, 5.74) is 1.07. The van der Waals surface area contributed by atoms with Crippen molar-refractivity contribution in [3.63, 3.8) is 0 Å². The van der Waals surface area contributed by atoms with Crippen LogP contribution in [0.4, 0.5) is 0 Å². The van der Waals surface area contributed by atoms with Crippen LogP contribution >= 0.6 is 0 Å². The molecule has 0 saturated carbocycles. The number of carbonyl (C=O) groups is 1. The summed E-state index contributed by atoms with van der Waals surface area (Å²) in [6.45, 7) is 6.14. The zero-order chi connectivity index (χ0) is 12.5. The Bertz CT molecular complexity index is 393. The number of hydrogen-bond acceptors (Lipinski definition) is 2. The monoisotopic (exact) mass is 231 g/mol. The average molecular weight is 231 g/mol. The lowest BCUT2D eigenvalue weighted by molar-refractivity contribution is -0.118. The highest BCUT2D eigenvalue weighted by Gasteiger charge is 1.91. The van der Waals surface area contributed by atoms with Gasteiger partial charge in [0.2, 0.25) is 5.91 Å². The van der Waals surface area contributed by atoms with Crippen molar-refractivity contribution >= 4 is 12.0 Å². The zero-order valence-electron chi connectivity index (χ0n) is 9.98. The Labute approximate surface area is 102 Å². The van der Waals surface area contributed by atoms with Crippen molar-refractivity contribution < 1.29 is 9.53 Å². The number of amides is 1. The third-order valence-corrected chi connectivity index (χ3v) is 2.03. The van der Waals surface area contributed by atoms with Crippen LogP contribution in [0.3, 0.4) is 0 Å². The lowest BCUT2D eigenvalue weighted by Gasteiger charge is -2.02. The van der Waals surface area contributed by atoms with Gasteiger partial charge in [-0.2, -0.15) is 0 Å². The number of hydrogen-bond donors (Lipinski definition) is 1. The summed E-state index contributed by atoms with van der Waals surface area (Å²) in [4.78, 5) is 10.6. The molecule has 0 aliphatic rings. The number of ether oxygens (including phenoxy) is 1. The van der Waals surface area contributed by atoms with E-state index in [-0.39, 0.29) is 5.91 Å². The molecule has 17 heavy (non-hydrogen) atoms. The quantitative estimate of drug-likeness (QED) is 0.763. The Morgan fingerprint density at radius 1 is 1.41 bits per heavy atom. The van der Waals surface area contributed by atoms with Crippen LogP contribution in [0, 0.1) is 0 Å². The Kier molecular flexibility index (Phi) is 5.58. The maximum absolute atomic E-state index is 10.6. The normalized spacial score (nSPS) is 10.2. The summed E-state index contributed by atoms with van der Waals surface area (Å²) in [5, 5.41) is 2.69. The Morgan fingerprint density at radius 2 is 2.12 bits per heavy atom. The maximum atomic E-state index is 10.6. The van der Waals surface area contributed by atoms with Crippen molar-refractivity contribution in [1.29, 1.82) is 0 Å². The van der Waals surface area contributed by atoms with Gasteiger partial charge in [0.25, 0.3) is 0 Å². The summed E-state index contributed by atoms with van der Waals surface area (Å²) < 4.78 is 5.37. The summed E-state index contributed by atoms with van der Waals surface area (Å²) in [6, 6.07) is 7.73. The molecular formula is C14H17NO2. The van der Waals surface area contributed by atoms with Crippen molar-refractivity contribution in [3.8, 4) is 5.75 Å². The molecule has 3 nitrogen and oxygen atoms in total. The van der Waals surface area contributed by atoms with Gasteiger partial charge in [-0.3, -0.25) is 4.79 Å². The van der Waals surface area contributed by atoms with Crippen molar-refractivity contribution in [2.45, 2.75) is 6.92 Å². The van der Waals surface area contributed by atoms with Gasteiger partial charge in [-0.25, -0.2) is 0 Å². The maximum Gasteiger partial charge on any atom is 0.217 e. The highest BCUT2D eigenvalue weighted by atomic mass is 16.5. The third-order valence-electron chi connectivity index (χ3n) is 2.03. The predicted octanol–water partition coefficient (Wildman–Crippen LogP) is 2.40. The van der Waals surface area contributed by atoms with Crippen LogP contribution in [-0.4, -0.2) is 19.1 Å². The lowest BCUT2D eigenvalue weighted by Crippen LogP contribution is -2.19. The molecule has 0 unspecified atom stereocenters. The van der Waals surface area contributed by atoms with E-state index in [0.29, 0.717) is 13.2 Å². The molecule has 1 aromatic rings. The Balaban J connectivity index is 2.44. The molecule has 0 heterocycles. The molecule has 0 aliphatic carbocycles. The molecule has 0 fully saturated rings. The molecule has 0 spiro atoms. The first-order valence-corrected chi connectivity index (χ1v) is 5.47. The van der Waals surface area contributed by atoms with E-state index in [1.807, 2.05) is 36.4 Å². The average Bonchev–Trinajstić information content (AvgIpc) is 2.33. The van der Waals surface area contributed by atoms with E-state index < -0.39 is 0 Å². The molecule has 90 valence electrons. The second kappa shape index (κ2) is 7.28. The van der Waals surface area contributed by atoms with Gasteiger partial charge in [0.1, 0.15) is 12.4 Å². The van der Waals surface area contributed by atoms with Gasteiger partial charge in [-0.1, -0.05) is 36.9 Å². The van der Waals surface area contributed by atoms with Crippen molar-refractivity contribution in [3.05, 3.63) is 48.6 Å². The minimum absolute atomic E-state index is 0.0252. The van der Waals surface area contributed by atoms with Gasteiger partial charge in [0.05, 0.1) is 0 Å². The molecule has 1 aromatic carbocycles. The highest BCUT2D eigenvalue weighted by molar-refractivity contribution is 5.73. The van der Waals surface area contributed by atoms with E-state index in [9.17, 15) is 4.79 Å². The van der Waals surface area contributed by atoms with E-state index in [0.717, 1.165) is 11.3 Å². The fourth-order valence-corrected chi connectivity index (χ4v) is 1.23. The molecule has 0 saturated heterocycles. The molecule has 1 rings (SSSR count). The van der Waals surface area contributed by atoms with Crippen molar-refractivity contribution in [2.75, 3.05) is 13.2 Å². The number of benzene rings is 1. The summed E-state index contributed by atoms with van der Waals surface area (Å²) in [6.07, 6.45) is 5.56. The van der Waals surface area contributed by atoms with Gasteiger partial charge in [0, 0.05) is 13.5 Å². The summed E-state index contributed by atoms with van der Waals surface area (Å²) >= 11 is 0. The first-order valence-electron chi connectivity index (χ1n) is 5.47. The molecule has 3 heteroatoms. The second-order valence-corrected chi connectivity index (χ2v) is 3.51. The fourth-order valence-electron chi connectivity index (χ4n) is 1.23. The lowest BCUT2D eigenvalue weighted by atomic mass is 10.2. The third kappa shape index (κ3) is 5.56. The molecular weight excluding hydrogens is 214 g/mol. The van der Waals surface area contributed by atoms with Crippen LogP contribution in [0.5, 0.6) is 5.75 Å². The van der Waals surface area contributed by atoms with E-state index in [1.54, 1.807) is 6.08 Å².